The Morgan fingerprint density at radius 3 is 2.83 bits per heavy atom. The first kappa shape index (κ1) is 19.8. The van der Waals surface area contributed by atoms with Gasteiger partial charge in [-0.3, -0.25) is 23.9 Å². The van der Waals surface area contributed by atoms with Gasteiger partial charge in [0.15, 0.2) is 0 Å². The molecule has 2 bridgehead atoms. The first-order chi connectivity index (χ1) is 14.1. The van der Waals surface area contributed by atoms with Gasteiger partial charge in [-0.15, -0.1) is 0 Å². The van der Waals surface area contributed by atoms with E-state index in [1.54, 1.807) is 22.0 Å². The van der Waals surface area contributed by atoms with Gasteiger partial charge in [-0.2, -0.15) is 11.3 Å². The second kappa shape index (κ2) is 8.51. The monoisotopic (exact) mass is 414 g/mol. The Balaban J connectivity index is 1.59. The fourth-order valence-corrected chi connectivity index (χ4v) is 5.31. The lowest BCUT2D eigenvalue weighted by Crippen LogP contribution is -2.54. The fourth-order valence-electron chi connectivity index (χ4n) is 4.64. The van der Waals surface area contributed by atoms with E-state index in [0.717, 1.165) is 24.2 Å². The number of amides is 2. The van der Waals surface area contributed by atoms with Crippen LogP contribution in [0.25, 0.3) is 0 Å². The van der Waals surface area contributed by atoms with E-state index in [0.29, 0.717) is 26.2 Å². The van der Waals surface area contributed by atoms with Gasteiger partial charge in [0.05, 0.1) is 6.54 Å². The Kier molecular flexibility index (Phi) is 5.82. The molecule has 1 fully saturated rings. The SMILES string of the molecule is CCNC(=O)CN1C[C@@H]2C[C@H](C1)[C@H](C(=O)NCc1ccsc1)n1c2cccc1=O. The molecule has 154 valence electrons. The Labute approximate surface area is 173 Å². The van der Waals surface area contributed by atoms with Crippen LogP contribution < -0.4 is 16.2 Å². The van der Waals surface area contributed by atoms with Crippen LogP contribution in [0.5, 0.6) is 0 Å². The molecule has 1 saturated heterocycles. The van der Waals surface area contributed by atoms with Crippen molar-refractivity contribution in [3.63, 3.8) is 0 Å². The maximum absolute atomic E-state index is 13.2. The normalized spacial score (nSPS) is 23.3. The number of fused-ring (bicyclic) bond motifs is 4. The van der Waals surface area contributed by atoms with Crippen LogP contribution in [-0.4, -0.2) is 47.5 Å². The van der Waals surface area contributed by atoms with Gasteiger partial charge in [-0.1, -0.05) is 6.07 Å². The number of hydrogen-bond acceptors (Lipinski definition) is 5. The van der Waals surface area contributed by atoms with Gasteiger partial charge in [0.1, 0.15) is 6.04 Å². The van der Waals surface area contributed by atoms with Crippen LogP contribution in [0.4, 0.5) is 0 Å². The van der Waals surface area contributed by atoms with Gasteiger partial charge in [0.2, 0.25) is 11.8 Å². The van der Waals surface area contributed by atoms with E-state index >= 15 is 0 Å². The van der Waals surface area contributed by atoms with E-state index in [1.165, 1.54) is 6.07 Å². The molecule has 3 atom stereocenters. The zero-order valence-electron chi connectivity index (χ0n) is 16.5. The third-order valence-electron chi connectivity index (χ3n) is 5.78. The average Bonchev–Trinajstić information content (AvgIpc) is 3.21. The number of likely N-dealkylation sites (tertiary alicyclic amines) is 1. The molecule has 2 aliphatic heterocycles. The highest BCUT2D eigenvalue weighted by atomic mass is 32.1. The van der Waals surface area contributed by atoms with Crippen molar-refractivity contribution in [3.05, 3.63) is 56.6 Å². The van der Waals surface area contributed by atoms with Crippen LogP contribution in [0.1, 0.15) is 36.6 Å². The van der Waals surface area contributed by atoms with Gasteiger partial charge in [0.25, 0.3) is 5.56 Å². The van der Waals surface area contributed by atoms with Gasteiger partial charge >= 0.3 is 0 Å². The van der Waals surface area contributed by atoms with Crippen LogP contribution in [0.3, 0.4) is 0 Å². The number of nitrogens with zero attached hydrogens (tertiary/aromatic N) is 2. The largest absolute Gasteiger partial charge is 0.355 e. The van der Waals surface area contributed by atoms with Crippen molar-refractivity contribution < 1.29 is 9.59 Å². The number of thiophene rings is 1. The molecule has 0 saturated carbocycles. The Bertz CT molecular complexity index is 940. The topological polar surface area (TPSA) is 83.4 Å². The second-order valence-electron chi connectivity index (χ2n) is 7.79. The Hall–Kier alpha value is -2.45. The van der Waals surface area contributed by atoms with Crippen molar-refractivity contribution in [1.82, 2.24) is 20.1 Å². The highest BCUT2D eigenvalue weighted by molar-refractivity contribution is 7.07. The molecule has 29 heavy (non-hydrogen) atoms. The Morgan fingerprint density at radius 1 is 1.21 bits per heavy atom. The lowest BCUT2D eigenvalue weighted by Gasteiger charge is -2.46. The van der Waals surface area contributed by atoms with Crippen LogP contribution in [-0.2, 0) is 16.1 Å². The minimum atomic E-state index is -0.550. The van der Waals surface area contributed by atoms with Crippen LogP contribution in [0.2, 0.25) is 0 Å². The summed E-state index contributed by atoms with van der Waals surface area (Å²) < 4.78 is 1.69. The predicted molar refractivity (Wildman–Crippen MR) is 112 cm³/mol. The molecule has 7 nitrogen and oxygen atoms in total. The fraction of sp³-hybridized carbons (Fsp3) is 0.476. The minimum Gasteiger partial charge on any atom is -0.355 e. The lowest BCUT2D eigenvalue weighted by molar-refractivity contribution is -0.128. The molecule has 0 spiro atoms. The predicted octanol–water partition coefficient (Wildman–Crippen LogP) is 1.32. The number of likely N-dealkylation sites (N-methyl/N-ethyl adjacent to an activating group) is 1. The molecule has 2 amide bonds. The number of piperidine rings is 1. The van der Waals surface area contributed by atoms with E-state index in [1.807, 2.05) is 29.8 Å². The summed E-state index contributed by atoms with van der Waals surface area (Å²) in [4.78, 5) is 40.1. The zero-order chi connectivity index (χ0) is 20.4. The van der Waals surface area contributed by atoms with Crippen molar-refractivity contribution in [2.75, 3.05) is 26.2 Å². The maximum atomic E-state index is 13.2. The summed E-state index contributed by atoms with van der Waals surface area (Å²) in [6, 6.07) is 6.66. The summed E-state index contributed by atoms with van der Waals surface area (Å²) >= 11 is 1.59. The van der Waals surface area contributed by atoms with Crippen LogP contribution in [0, 0.1) is 5.92 Å². The molecule has 0 unspecified atom stereocenters. The van der Waals surface area contributed by atoms with Crippen molar-refractivity contribution in [2.24, 2.45) is 5.92 Å². The van der Waals surface area contributed by atoms with Crippen LogP contribution in [0.15, 0.2) is 39.8 Å². The first-order valence-electron chi connectivity index (χ1n) is 10.1. The number of pyridine rings is 1. The maximum Gasteiger partial charge on any atom is 0.251 e. The molecule has 8 heteroatoms. The summed E-state index contributed by atoms with van der Waals surface area (Å²) in [5.74, 6) is 0.0155. The van der Waals surface area contributed by atoms with Crippen molar-refractivity contribution in [1.29, 1.82) is 0 Å². The highest BCUT2D eigenvalue weighted by Gasteiger charge is 2.43. The highest BCUT2D eigenvalue weighted by Crippen LogP contribution is 2.41. The second-order valence-corrected chi connectivity index (χ2v) is 8.57. The molecular weight excluding hydrogens is 388 g/mol. The van der Waals surface area contributed by atoms with E-state index in [9.17, 15) is 14.4 Å². The molecule has 0 aliphatic carbocycles. The summed E-state index contributed by atoms with van der Waals surface area (Å²) in [6.45, 7) is 4.63. The van der Waals surface area contributed by atoms with Crippen molar-refractivity contribution >= 4 is 23.2 Å². The third kappa shape index (κ3) is 4.13. The van der Waals surface area contributed by atoms with Crippen LogP contribution >= 0.6 is 11.3 Å². The number of aromatic nitrogens is 1. The van der Waals surface area contributed by atoms with E-state index < -0.39 is 6.04 Å². The quantitative estimate of drug-likeness (QED) is 0.747. The number of carbonyl (C=O) groups is 2. The molecule has 2 aromatic rings. The summed E-state index contributed by atoms with van der Waals surface area (Å²) in [7, 11) is 0. The zero-order valence-corrected chi connectivity index (χ0v) is 17.3. The summed E-state index contributed by atoms with van der Waals surface area (Å²) in [6.07, 6.45) is 0.853. The van der Waals surface area contributed by atoms with E-state index in [-0.39, 0.29) is 29.2 Å². The number of carbonyl (C=O) groups excluding carboxylic acids is 2. The van der Waals surface area contributed by atoms with Crippen molar-refractivity contribution in [2.45, 2.75) is 31.8 Å². The molecule has 2 aliphatic rings. The lowest BCUT2D eigenvalue weighted by atomic mass is 9.78. The molecule has 4 heterocycles. The van der Waals surface area contributed by atoms with E-state index in [2.05, 4.69) is 15.5 Å². The molecular formula is C21H26N4O3S. The van der Waals surface area contributed by atoms with Crippen molar-refractivity contribution in [3.8, 4) is 0 Å². The third-order valence-corrected chi connectivity index (χ3v) is 6.51. The first-order valence-corrected chi connectivity index (χ1v) is 11.0. The van der Waals surface area contributed by atoms with Gasteiger partial charge in [0, 0.05) is 49.8 Å². The van der Waals surface area contributed by atoms with Gasteiger partial charge < -0.3 is 10.6 Å². The number of rotatable bonds is 6. The molecule has 0 radical (unpaired) electrons. The number of hydrogen-bond donors (Lipinski definition) is 2. The smallest absolute Gasteiger partial charge is 0.251 e. The average molecular weight is 415 g/mol. The van der Waals surface area contributed by atoms with Gasteiger partial charge in [-0.05, 0) is 41.8 Å². The summed E-state index contributed by atoms with van der Waals surface area (Å²) in [5.41, 5.74) is 1.81. The Morgan fingerprint density at radius 2 is 2.07 bits per heavy atom. The standard InChI is InChI=1S/C21H26N4O3S/c1-2-22-18(26)12-24-10-15-8-16(11-24)20(25-17(15)4-3-5-19(25)27)21(28)23-9-14-6-7-29-13-14/h3-7,13,15-16,20H,2,8-12H2,1H3,(H,22,26)(H,23,28)/t15-,16+,20+/m0/s1. The molecule has 0 aromatic carbocycles. The van der Waals surface area contributed by atoms with E-state index in [4.69, 9.17) is 0 Å². The molecule has 2 N–H and O–H groups in total. The molecule has 4 rings (SSSR count). The number of nitrogens with one attached hydrogen (secondary N) is 2. The minimum absolute atomic E-state index is 0.00162. The summed E-state index contributed by atoms with van der Waals surface area (Å²) in [5, 5.41) is 9.84. The molecule has 2 aromatic heterocycles. The van der Waals surface area contributed by atoms with Gasteiger partial charge in [-0.25, -0.2) is 0 Å².